The number of hydrogen-bond donors (Lipinski definition) is 1. The van der Waals surface area contributed by atoms with Crippen LogP contribution >= 0.6 is 0 Å². The molecule has 0 aromatic heterocycles. The molecule has 0 saturated carbocycles. The highest BCUT2D eigenvalue weighted by atomic mass is 16.5. The van der Waals surface area contributed by atoms with Crippen molar-refractivity contribution in [1.82, 2.24) is 0 Å². The normalized spacial score (nSPS) is 19.6. The van der Waals surface area contributed by atoms with Crippen LogP contribution in [0.1, 0.15) is 34.3 Å². The van der Waals surface area contributed by atoms with E-state index in [1.807, 2.05) is 38.1 Å². The molecule has 1 saturated heterocycles. The van der Waals surface area contributed by atoms with Crippen LogP contribution in [0.5, 0.6) is 0 Å². The van der Waals surface area contributed by atoms with Gasteiger partial charge in [-0.25, -0.2) is 4.79 Å². The minimum Gasteiger partial charge on any atom is -0.452 e. The minimum absolute atomic E-state index is 0.206. The molecular formula is C25H24N2O5. The molecule has 3 amide bonds. The molecular weight excluding hydrogens is 408 g/mol. The van der Waals surface area contributed by atoms with Crippen LogP contribution in [0.3, 0.4) is 0 Å². The number of imide groups is 1. The Balaban J connectivity index is 1.35. The van der Waals surface area contributed by atoms with Crippen LogP contribution < -0.4 is 10.2 Å². The van der Waals surface area contributed by atoms with Crippen molar-refractivity contribution < 1.29 is 23.9 Å². The Labute approximate surface area is 186 Å². The number of ether oxygens (including phenoxy) is 1. The largest absolute Gasteiger partial charge is 0.452 e. The first-order valence-electron chi connectivity index (χ1n) is 10.5. The lowest BCUT2D eigenvalue weighted by atomic mass is 9.85. The second kappa shape index (κ2) is 8.78. The maximum Gasteiger partial charge on any atom is 0.338 e. The Morgan fingerprint density at radius 2 is 1.56 bits per heavy atom. The second-order valence-corrected chi connectivity index (χ2v) is 8.14. The number of esters is 1. The standard InChI is InChI=1S/C25H24N2O5/c1-15-7-10-18(13-16(15)2)26-22(28)14-32-25(31)17-8-11-19(12-9-17)27-23(29)20-5-3-4-6-21(20)24(27)30/h3-4,7-13,20-21H,5-6,14H2,1-2H3,(H,26,28)/t20-,21+. The van der Waals surface area contributed by atoms with Gasteiger partial charge < -0.3 is 10.1 Å². The van der Waals surface area contributed by atoms with Crippen molar-refractivity contribution in [3.05, 3.63) is 71.3 Å². The molecule has 0 spiro atoms. The zero-order valence-corrected chi connectivity index (χ0v) is 18.0. The van der Waals surface area contributed by atoms with E-state index >= 15 is 0 Å². The third kappa shape index (κ3) is 4.19. The van der Waals surface area contributed by atoms with Crippen LogP contribution in [0.2, 0.25) is 0 Å². The van der Waals surface area contributed by atoms with Crippen LogP contribution in [0.25, 0.3) is 0 Å². The van der Waals surface area contributed by atoms with Crippen LogP contribution in [0.4, 0.5) is 11.4 Å². The van der Waals surface area contributed by atoms with Crippen LogP contribution in [-0.4, -0.2) is 30.3 Å². The number of carbonyl (C=O) groups is 4. The smallest absolute Gasteiger partial charge is 0.338 e. The third-order valence-electron chi connectivity index (χ3n) is 5.99. The number of nitrogens with zero attached hydrogens (tertiary/aromatic N) is 1. The highest BCUT2D eigenvalue weighted by Gasteiger charge is 2.47. The lowest BCUT2D eigenvalue weighted by Crippen LogP contribution is -2.30. The Morgan fingerprint density at radius 1 is 0.938 bits per heavy atom. The number of carbonyl (C=O) groups excluding carboxylic acids is 4. The number of anilines is 2. The number of fused-ring (bicyclic) bond motifs is 1. The molecule has 0 radical (unpaired) electrons. The molecule has 164 valence electrons. The summed E-state index contributed by atoms with van der Waals surface area (Å²) in [6.07, 6.45) is 5.01. The molecule has 2 aromatic carbocycles. The van der Waals surface area contributed by atoms with Gasteiger partial charge in [-0.05, 0) is 74.2 Å². The van der Waals surface area contributed by atoms with Gasteiger partial charge >= 0.3 is 5.97 Å². The summed E-state index contributed by atoms with van der Waals surface area (Å²) in [5.41, 5.74) is 3.45. The summed E-state index contributed by atoms with van der Waals surface area (Å²) in [7, 11) is 0. The number of amides is 3. The predicted octanol–water partition coefficient (Wildman–Crippen LogP) is 3.55. The lowest BCUT2D eigenvalue weighted by molar-refractivity contribution is -0.122. The van der Waals surface area contributed by atoms with Gasteiger partial charge in [0.25, 0.3) is 5.91 Å². The van der Waals surface area contributed by atoms with Gasteiger partial charge in [-0.2, -0.15) is 0 Å². The van der Waals surface area contributed by atoms with Crippen molar-refractivity contribution in [2.45, 2.75) is 26.7 Å². The summed E-state index contributed by atoms with van der Waals surface area (Å²) >= 11 is 0. The van der Waals surface area contributed by atoms with E-state index in [-0.39, 0.29) is 29.2 Å². The van der Waals surface area contributed by atoms with Gasteiger partial charge in [-0.15, -0.1) is 0 Å². The van der Waals surface area contributed by atoms with Gasteiger partial charge in [-0.1, -0.05) is 18.2 Å². The van der Waals surface area contributed by atoms with E-state index in [9.17, 15) is 19.2 Å². The summed E-state index contributed by atoms with van der Waals surface area (Å²) in [4.78, 5) is 50.9. The van der Waals surface area contributed by atoms with E-state index in [1.165, 1.54) is 17.0 Å². The van der Waals surface area contributed by atoms with E-state index < -0.39 is 18.5 Å². The molecule has 7 heteroatoms. The molecule has 0 bridgehead atoms. The first kappa shape index (κ1) is 21.5. The van der Waals surface area contributed by atoms with E-state index in [4.69, 9.17) is 4.74 Å². The number of aryl methyl sites for hydroxylation is 2. The van der Waals surface area contributed by atoms with Crippen molar-refractivity contribution in [3.8, 4) is 0 Å². The SMILES string of the molecule is Cc1ccc(NC(=O)COC(=O)c2ccc(N3C(=O)[C@H]4CC=CC[C@H]4C3=O)cc2)cc1C. The minimum atomic E-state index is -0.663. The third-order valence-corrected chi connectivity index (χ3v) is 5.99. The molecule has 1 aliphatic heterocycles. The molecule has 32 heavy (non-hydrogen) atoms. The Bertz CT molecular complexity index is 1090. The fraction of sp³-hybridized carbons (Fsp3) is 0.280. The topological polar surface area (TPSA) is 92.8 Å². The molecule has 7 nitrogen and oxygen atoms in total. The van der Waals surface area contributed by atoms with E-state index in [1.54, 1.807) is 18.2 Å². The number of allylic oxidation sites excluding steroid dienone is 2. The first-order valence-corrected chi connectivity index (χ1v) is 10.5. The molecule has 1 fully saturated rings. The average molecular weight is 432 g/mol. The van der Waals surface area contributed by atoms with Gasteiger partial charge in [0.05, 0.1) is 23.1 Å². The predicted molar refractivity (Wildman–Crippen MR) is 119 cm³/mol. The van der Waals surface area contributed by atoms with Crippen LogP contribution in [0, 0.1) is 25.7 Å². The van der Waals surface area contributed by atoms with Gasteiger partial charge in [0.1, 0.15) is 0 Å². The summed E-state index contributed by atoms with van der Waals surface area (Å²) < 4.78 is 5.09. The first-order chi connectivity index (χ1) is 15.3. The maximum atomic E-state index is 12.7. The Hall–Kier alpha value is -3.74. The van der Waals surface area contributed by atoms with Crippen molar-refractivity contribution >= 4 is 35.1 Å². The van der Waals surface area contributed by atoms with Crippen molar-refractivity contribution in [3.63, 3.8) is 0 Å². The summed E-state index contributed by atoms with van der Waals surface area (Å²) in [5.74, 6) is -2.14. The second-order valence-electron chi connectivity index (χ2n) is 8.14. The van der Waals surface area contributed by atoms with Gasteiger partial charge in [0, 0.05) is 5.69 Å². The van der Waals surface area contributed by atoms with Crippen molar-refractivity contribution in [2.75, 3.05) is 16.8 Å². The highest BCUT2D eigenvalue weighted by Crippen LogP contribution is 2.37. The number of benzene rings is 2. The molecule has 1 N–H and O–H groups in total. The molecule has 1 heterocycles. The number of nitrogens with one attached hydrogen (secondary N) is 1. The Kier molecular flexibility index (Phi) is 5.90. The van der Waals surface area contributed by atoms with E-state index in [0.717, 1.165) is 11.1 Å². The molecule has 2 aliphatic rings. The van der Waals surface area contributed by atoms with Crippen LogP contribution in [-0.2, 0) is 19.1 Å². The summed E-state index contributed by atoms with van der Waals surface area (Å²) in [6, 6.07) is 11.6. The molecule has 2 atom stereocenters. The van der Waals surface area contributed by atoms with E-state index in [2.05, 4.69) is 5.32 Å². The summed E-state index contributed by atoms with van der Waals surface area (Å²) in [5, 5.41) is 2.69. The average Bonchev–Trinajstić information content (AvgIpc) is 3.05. The summed E-state index contributed by atoms with van der Waals surface area (Å²) in [6.45, 7) is 3.50. The maximum absolute atomic E-state index is 12.7. The van der Waals surface area contributed by atoms with Gasteiger partial charge in [0.15, 0.2) is 6.61 Å². The number of rotatable bonds is 5. The van der Waals surface area contributed by atoms with Crippen molar-refractivity contribution in [1.29, 1.82) is 0 Å². The molecule has 1 aliphatic carbocycles. The molecule has 4 rings (SSSR count). The highest BCUT2D eigenvalue weighted by molar-refractivity contribution is 6.22. The molecule has 0 unspecified atom stereocenters. The zero-order valence-electron chi connectivity index (χ0n) is 18.0. The fourth-order valence-electron chi connectivity index (χ4n) is 4.03. The Morgan fingerprint density at radius 3 is 2.16 bits per heavy atom. The fourth-order valence-corrected chi connectivity index (χ4v) is 4.03. The number of hydrogen-bond acceptors (Lipinski definition) is 5. The molecule has 2 aromatic rings. The van der Waals surface area contributed by atoms with Gasteiger partial charge in [0.2, 0.25) is 11.8 Å². The van der Waals surface area contributed by atoms with E-state index in [0.29, 0.717) is 24.2 Å². The lowest BCUT2D eigenvalue weighted by Gasteiger charge is -2.15. The van der Waals surface area contributed by atoms with Crippen LogP contribution in [0.15, 0.2) is 54.6 Å². The van der Waals surface area contributed by atoms with Crippen molar-refractivity contribution in [2.24, 2.45) is 11.8 Å². The monoisotopic (exact) mass is 432 g/mol. The quantitative estimate of drug-likeness (QED) is 0.443. The van der Waals surface area contributed by atoms with Gasteiger partial charge in [-0.3, -0.25) is 19.3 Å². The zero-order chi connectivity index (χ0) is 22.8.